The maximum atomic E-state index is 14.5. The standard InChI is InChI=1S/C18H13ClF2N2O2S/c1-25-10-7-23-16-9(6-22-18(23)24)2-3-11(17(16)26-8-10)12-4-13(19)15(21)5-14(12)20/h2-6,10H,7-8H2,1H3. The summed E-state index contributed by atoms with van der Waals surface area (Å²) in [6.07, 6.45) is 1.32. The van der Waals surface area contributed by atoms with E-state index in [2.05, 4.69) is 4.98 Å². The third-order valence-electron chi connectivity index (χ3n) is 4.41. The van der Waals surface area contributed by atoms with Crippen molar-refractivity contribution < 1.29 is 13.5 Å². The summed E-state index contributed by atoms with van der Waals surface area (Å²) < 4.78 is 35.0. The van der Waals surface area contributed by atoms with Gasteiger partial charge < -0.3 is 4.74 Å². The number of hydrogen-bond donors (Lipinski definition) is 0. The fourth-order valence-electron chi connectivity index (χ4n) is 3.09. The smallest absolute Gasteiger partial charge is 0.348 e. The number of hydrogen-bond acceptors (Lipinski definition) is 4. The van der Waals surface area contributed by atoms with Crippen LogP contribution in [0.4, 0.5) is 8.78 Å². The molecular weight excluding hydrogens is 382 g/mol. The van der Waals surface area contributed by atoms with Gasteiger partial charge in [0.25, 0.3) is 0 Å². The lowest BCUT2D eigenvalue weighted by Gasteiger charge is -2.14. The molecule has 1 atom stereocenters. The van der Waals surface area contributed by atoms with Gasteiger partial charge in [-0.05, 0) is 6.07 Å². The molecule has 1 aliphatic heterocycles. The fraction of sp³-hybridized carbons (Fsp3) is 0.222. The Hall–Kier alpha value is -1.96. The molecule has 0 spiro atoms. The van der Waals surface area contributed by atoms with E-state index in [0.29, 0.717) is 23.4 Å². The van der Waals surface area contributed by atoms with Crippen molar-refractivity contribution in [2.75, 3.05) is 12.9 Å². The fourth-order valence-corrected chi connectivity index (χ4v) is 4.55. The summed E-state index contributed by atoms with van der Waals surface area (Å²) in [7, 11) is 1.58. The maximum absolute atomic E-state index is 14.5. The topological polar surface area (TPSA) is 44.1 Å². The molecule has 0 N–H and O–H groups in total. The highest BCUT2D eigenvalue weighted by atomic mass is 35.5. The summed E-state index contributed by atoms with van der Waals surface area (Å²) in [5.41, 5.74) is 1.02. The van der Waals surface area contributed by atoms with Crippen LogP contribution >= 0.6 is 23.4 Å². The molecule has 0 saturated carbocycles. The molecule has 0 bridgehead atoms. The van der Waals surface area contributed by atoms with E-state index in [4.69, 9.17) is 16.3 Å². The first kappa shape index (κ1) is 17.5. The van der Waals surface area contributed by atoms with Crippen LogP contribution in [-0.4, -0.2) is 28.5 Å². The first-order chi connectivity index (χ1) is 12.5. The van der Waals surface area contributed by atoms with Crippen molar-refractivity contribution in [1.82, 2.24) is 9.55 Å². The first-order valence-electron chi connectivity index (χ1n) is 7.82. The summed E-state index contributed by atoms with van der Waals surface area (Å²) in [5.74, 6) is -0.938. The van der Waals surface area contributed by atoms with E-state index in [1.807, 2.05) is 0 Å². The molecule has 0 fully saturated rings. The summed E-state index contributed by atoms with van der Waals surface area (Å²) in [6.45, 7) is 0.357. The van der Waals surface area contributed by atoms with E-state index >= 15 is 0 Å². The molecule has 2 aromatic carbocycles. The lowest BCUT2D eigenvalue weighted by atomic mass is 10.0. The molecule has 26 heavy (non-hydrogen) atoms. The zero-order chi connectivity index (χ0) is 18.4. The van der Waals surface area contributed by atoms with Crippen LogP contribution in [0.2, 0.25) is 5.02 Å². The molecule has 1 aliphatic rings. The molecule has 0 radical (unpaired) electrons. The predicted octanol–water partition coefficient (Wildman–Crippen LogP) is 4.12. The van der Waals surface area contributed by atoms with Gasteiger partial charge in [0.1, 0.15) is 11.6 Å². The van der Waals surface area contributed by atoms with E-state index in [9.17, 15) is 13.6 Å². The highest BCUT2D eigenvalue weighted by Gasteiger charge is 2.24. The maximum Gasteiger partial charge on any atom is 0.348 e. The van der Waals surface area contributed by atoms with Gasteiger partial charge in [0, 0.05) is 46.5 Å². The lowest BCUT2D eigenvalue weighted by Crippen LogP contribution is -2.29. The Balaban J connectivity index is 2.05. The van der Waals surface area contributed by atoms with Crippen LogP contribution in [0, 0.1) is 11.6 Å². The molecule has 0 amide bonds. The molecule has 2 heterocycles. The van der Waals surface area contributed by atoms with E-state index < -0.39 is 17.3 Å². The molecule has 3 aromatic rings. The van der Waals surface area contributed by atoms with Crippen LogP contribution in [-0.2, 0) is 11.3 Å². The Morgan fingerprint density at radius 1 is 1.27 bits per heavy atom. The number of nitrogens with zero attached hydrogens (tertiary/aromatic N) is 2. The van der Waals surface area contributed by atoms with Crippen molar-refractivity contribution in [3.05, 3.63) is 57.6 Å². The normalized spacial score (nSPS) is 16.7. The van der Waals surface area contributed by atoms with Gasteiger partial charge in [-0.25, -0.2) is 18.6 Å². The van der Waals surface area contributed by atoms with Crippen molar-refractivity contribution in [2.45, 2.75) is 17.5 Å². The number of thioether (sulfide) groups is 1. The molecule has 134 valence electrons. The van der Waals surface area contributed by atoms with Gasteiger partial charge in [0.15, 0.2) is 0 Å². The van der Waals surface area contributed by atoms with E-state index in [1.54, 1.807) is 23.8 Å². The minimum Gasteiger partial charge on any atom is -0.379 e. The van der Waals surface area contributed by atoms with Gasteiger partial charge in [-0.2, -0.15) is 0 Å². The van der Waals surface area contributed by atoms with Crippen LogP contribution in [0.1, 0.15) is 0 Å². The zero-order valence-electron chi connectivity index (χ0n) is 13.6. The molecule has 1 unspecified atom stereocenters. The predicted molar refractivity (Wildman–Crippen MR) is 97.9 cm³/mol. The van der Waals surface area contributed by atoms with Crippen LogP contribution in [0.25, 0.3) is 22.0 Å². The Kier molecular flexibility index (Phi) is 4.46. The average Bonchev–Trinajstić information content (AvgIpc) is 2.83. The van der Waals surface area contributed by atoms with Gasteiger partial charge in [0.2, 0.25) is 0 Å². The highest BCUT2D eigenvalue weighted by molar-refractivity contribution is 7.99. The third-order valence-corrected chi connectivity index (χ3v) is 5.94. The van der Waals surface area contributed by atoms with Crippen LogP contribution in [0.3, 0.4) is 0 Å². The molecule has 1 aromatic heterocycles. The van der Waals surface area contributed by atoms with Crippen molar-refractivity contribution in [3.8, 4) is 11.1 Å². The van der Waals surface area contributed by atoms with Gasteiger partial charge in [-0.15, -0.1) is 11.8 Å². The van der Waals surface area contributed by atoms with Gasteiger partial charge in [0.05, 0.1) is 23.2 Å². The second-order valence-corrected chi connectivity index (χ2v) is 7.38. The Labute approximate surface area is 156 Å². The molecular formula is C18H13ClF2N2O2S. The Bertz CT molecular complexity index is 1090. The third kappa shape index (κ3) is 2.80. The summed E-state index contributed by atoms with van der Waals surface area (Å²) in [4.78, 5) is 17.0. The average molecular weight is 395 g/mol. The monoisotopic (exact) mass is 394 g/mol. The van der Waals surface area contributed by atoms with Crippen LogP contribution in [0.15, 0.2) is 40.2 Å². The number of rotatable bonds is 2. The number of benzene rings is 2. The van der Waals surface area contributed by atoms with Crippen molar-refractivity contribution in [2.24, 2.45) is 0 Å². The Morgan fingerprint density at radius 2 is 2.08 bits per heavy atom. The van der Waals surface area contributed by atoms with Crippen LogP contribution < -0.4 is 5.69 Å². The lowest BCUT2D eigenvalue weighted by molar-refractivity contribution is 0.107. The van der Waals surface area contributed by atoms with E-state index in [-0.39, 0.29) is 16.7 Å². The van der Waals surface area contributed by atoms with Gasteiger partial charge in [-0.3, -0.25) is 4.57 Å². The number of methoxy groups -OCH3 is 1. The number of ether oxygens (including phenoxy) is 1. The van der Waals surface area contributed by atoms with Gasteiger partial charge >= 0.3 is 5.69 Å². The quantitative estimate of drug-likeness (QED) is 0.613. The van der Waals surface area contributed by atoms with Gasteiger partial charge in [-0.1, -0.05) is 23.7 Å². The van der Waals surface area contributed by atoms with E-state index in [0.717, 1.165) is 16.3 Å². The largest absolute Gasteiger partial charge is 0.379 e. The molecule has 0 saturated heterocycles. The number of halogens is 3. The summed E-state index contributed by atoms with van der Waals surface area (Å²) in [6, 6.07) is 5.54. The number of aromatic nitrogens is 2. The first-order valence-corrected chi connectivity index (χ1v) is 9.19. The van der Waals surface area contributed by atoms with E-state index in [1.165, 1.54) is 24.0 Å². The second kappa shape index (κ2) is 6.64. The molecule has 4 rings (SSSR count). The van der Waals surface area contributed by atoms with Crippen molar-refractivity contribution >= 4 is 34.3 Å². The SMILES string of the molecule is COC1CSc2c(-c3cc(Cl)c(F)cc3F)ccc3cnc(=O)n(c23)C1. The molecule has 0 aliphatic carbocycles. The second-order valence-electron chi connectivity index (χ2n) is 5.95. The molecule has 8 heteroatoms. The highest BCUT2D eigenvalue weighted by Crippen LogP contribution is 2.41. The summed E-state index contributed by atoms with van der Waals surface area (Å²) in [5, 5.41) is 0.607. The minimum absolute atomic E-state index is 0.158. The van der Waals surface area contributed by atoms with Crippen molar-refractivity contribution in [1.29, 1.82) is 0 Å². The van der Waals surface area contributed by atoms with Crippen molar-refractivity contribution in [3.63, 3.8) is 0 Å². The summed E-state index contributed by atoms with van der Waals surface area (Å²) >= 11 is 7.33. The zero-order valence-corrected chi connectivity index (χ0v) is 15.2. The minimum atomic E-state index is -0.812. The Morgan fingerprint density at radius 3 is 2.85 bits per heavy atom. The molecule has 4 nitrogen and oxygen atoms in total. The van der Waals surface area contributed by atoms with Crippen LogP contribution in [0.5, 0.6) is 0 Å².